The average molecular weight is 258 g/mol. The first-order chi connectivity index (χ1) is 6.68. The molecule has 72 valence electrons. The molecule has 2 rings (SSSR count). The van der Waals surface area contributed by atoms with Crippen LogP contribution in [-0.2, 0) is 0 Å². The van der Waals surface area contributed by atoms with E-state index in [1.165, 1.54) is 16.7 Å². The molecule has 14 heavy (non-hydrogen) atoms. The highest BCUT2D eigenvalue weighted by Gasteiger charge is 2.11. The second-order valence-corrected chi connectivity index (χ2v) is 3.72. The van der Waals surface area contributed by atoms with E-state index >= 15 is 0 Å². The largest absolute Gasteiger partial charge is 0.319 e. The van der Waals surface area contributed by atoms with E-state index in [9.17, 15) is 8.78 Å². The van der Waals surface area contributed by atoms with Crippen molar-refractivity contribution in [1.82, 2.24) is 4.57 Å². The average Bonchev–Trinajstić information content (AvgIpc) is 2.54. The Morgan fingerprint density at radius 3 is 2.00 bits per heavy atom. The summed E-state index contributed by atoms with van der Waals surface area (Å²) in [5.41, 5.74) is -0.0572. The lowest BCUT2D eigenvalue weighted by Crippen LogP contribution is -1.98. The number of aromatic nitrogens is 1. The Labute approximate surface area is 88.1 Å². The van der Waals surface area contributed by atoms with Gasteiger partial charge in [0.15, 0.2) is 11.6 Å². The highest BCUT2D eigenvalue weighted by atomic mass is 79.9. The standard InChI is InChI=1S/C10H6BrF2N/c11-7-5-8(12)10(9(13)6-7)14-3-1-2-4-14/h1-6H. The van der Waals surface area contributed by atoms with Crippen LogP contribution in [0.15, 0.2) is 41.1 Å². The minimum atomic E-state index is -0.590. The van der Waals surface area contributed by atoms with E-state index < -0.39 is 11.6 Å². The number of nitrogens with zero attached hydrogens (tertiary/aromatic N) is 1. The zero-order valence-electron chi connectivity index (χ0n) is 7.05. The van der Waals surface area contributed by atoms with Gasteiger partial charge in [0, 0.05) is 16.9 Å². The highest BCUT2D eigenvalue weighted by molar-refractivity contribution is 9.10. The number of benzene rings is 1. The molecule has 0 bridgehead atoms. The summed E-state index contributed by atoms with van der Waals surface area (Å²) in [5, 5.41) is 0. The van der Waals surface area contributed by atoms with Gasteiger partial charge in [0.25, 0.3) is 0 Å². The summed E-state index contributed by atoms with van der Waals surface area (Å²) in [4.78, 5) is 0. The molecule has 0 unspecified atom stereocenters. The van der Waals surface area contributed by atoms with Crippen LogP contribution < -0.4 is 0 Å². The van der Waals surface area contributed by atoms with E-state index in [4.69, 9.17) is 0 Å². The van der Waals surface area contributed by atoms with Crippen LogP contribution >= 0.6 is 15.9 Å². The summed E-state index contributed by atoms with van der Waals surface area (Å²) >= 11 is 3.02. The molecule has 1 heterocycles. The Morgan fingerprint density at radius 1 is 1.00 bits per heavy atom. The van der Waals surface area contributed by atoms with Gasteiger partial charge in [-0.2, -0.15) is 0 Å². The van der Waals surface area contributed by atoms with Crippen molar-refractivity contribution in [2.75, 3.05) is 0 Å². The second-order valence-electron chi connectivity index (χ2n) is 2.81. The fourth-order valence-corrected chi connectivity index (χ4v) is 1.67. The Hall–Kier alpha value is -1.16. The highest BCUT2D eigenvalue weighted by Crippen LogP contribution is 2.22. The van der Waals surface area contributed by atoms with Crippen LogP contribution in [0.1, 0.15) is 0 Å². The van der Waals surface area contributed by atoms with Crippen molar-refractivity contribution in [1.29, 1.82) is 0 Å². The van der Waals surface area contributed by atoms with Gasteiger partial charge in [0.2, 0.25) is 0 Å². The molecule has 0 saturated heterocycles. The monoisotopic (exact) mass is 257 g/mol. The molecule has 0 radical (unpaired) electrons. The topological polar surface area (TPSA) is 4.93 Å². The van der Waals surface area contributed by atoms with E-state index in [2.05, 4.69) is 15.9 Å². The molecule has 1 nitrogen and oxygen atoms in total. The Kier molecular flexibility index (Phi) is 2.37. The van der Waals surface area contributed by atoms with E-state index in [1.807, 2.05) is 0 Å². The number of rotatable bonds is 1. The molecular weight excluding hydrogens is 252 g/mol. The van der Waals surface area contributed by atoms with Gasteiger partial charge in [-0.3, -0.25) is 0 Å². The maximum Gasteiger partial charge on any atom is 0.151 e. The Morgan fingerprint density at radius 2 is 1.50 bits per heavy atom. The molecule has 0 aliphatic carbocycles. The SMILES string of the molecule is Fc1cc(Br)cc(F)c1-n1cccc1. The third-order valence-corrected chi connectivity index (χ3v) is 2.30. The van der Waals surface area contributed by atoms with E-state index in [0.29, 0.717) is 4.47 Å². The summed E-state index contributed by atoms with van der Waals surface area (Å²) in [5.74, 6) is -1.18. The van der Waals surface area contributed by atoms with Gasteiger partial charge in [-0.15, -0.1) is 0 Å². The molecule has 0 atom stereocenters. The summed E-state index contributed by atoms with van der Waals surface area (Å²) in [7, 11) is 0. The Bertz CT molecular complexity index is 428. The number of hydrogen-bond acceptors (Lipinski definition) is 0. The molecule has 0 spiro atoms. The first-order valence-electron chi connectivity index (χ1n) is 3.96. The second kappa shape index (κ2) is 3.53. The maximum absolute atomic E-state index is 13.4. The van der Waals surface area contributed by atoms with Crippen molar-refractivity contribution in [3.8, 4) is 5.69 Å². The lowest BCUT2D eigenvalue weighted by Gasteiger charge is -2.06. The van der Waals surface area contributed by atoms with Crippen molar-refractivity contribution < 1.29 is 8.78 Å². The van der Waals surface area contributed by atoms with Crippen molar-refractivity contribution in [2.24, 2.45) is 0 Å². The van der Waals surface area contributed by atoms with E-state index in [0.717, 1.165) is 0 Å². The lowest BCUT2D eigenvalue weighted by atomic mass is 10.3. The molecule has 2 aromatic rings. The third-order valence-electron chi connectivity index (χ3n) is 1.84. The molecule has 0 N–H and O–H groups in total. The first kappa shape index (κ1) is 9.40. The van der Waals surface area contributed by atoms with Gasteiger partial charge in [0.05, 0.1) is 0 Å². The minimum absolute atomic E-state index is 0.0572. The van der Waals surface area contributed by atoms with Crippen LogP contribution in [0, 0.1) is 11.6 Å². The molecule has 1 aromatic carbocycles. The van der Waals surface area contributed by atoms with E-state index in [-0.39, 0.29) is 5.69 Å². The van der Waals surface area contributed by atoms with Gasteiger partial charge in [-0.1, -0.05) is 15.9 Å². The third kappa shape index (κ3) is 1.57. The molecule has 0 aliphatic rings. The van der Waals surface area contributed by atoms with Crippen LogP contribution in [0.2, 0.25) is 0 Å². The molecule has 0 fully saturated rings. The molecule has 0 amide bonds. The maximum atomic E-state index is 13.4. The van der Waals surface area contributed by atoms with Crippen LogP contribution in [0.4, 0.5) is 8.78 Å². The molecule has 0 aliphatic heterocycles. The predicted molar refractivity (Wildman–Crippen MR) is 53.4 cm³/mol. The van der Waals surface area contributed by atoms with Crippen LogP contribution in [0.25, 0.3) is 5.69 Å². The van der Waals surface area contributed by atoms with Crippen molar-refractivity contribution in [3.05, 3.63) is 52.8 Å². The fourth-order valence-electron chi connectivity index (χ4n) is 1.26. The van der Waals surface area contributed by atoms with Gasteiger partial charge in [0.1, 0.15) is 5.69 Å². The lowest BCUT2D eigenvalue weighted by molar-refractivity contribution is 0.568. The Balaban J connectivity index is 2.64. The summed E-state index contributed by atoms with van der Waals surface area (Å²) < 4.78 is 28.6. The first-order valence-corrected chi connectivity index (χ1v) is 4.75. The number of halogens is 3. The summed E-state index contributed by atoms with van der Waals surface area (Å²) in [6.45, 7) is 0. The van der Waals surface area contributed by atoms with Crippen molar-refractivity contribution >= 4 is 15.9 Å². The van der Waals surface area contributed by atoms with Gasteiger partial charge < -0.3 is 4.57 Å². The summed E-state index contributed by atoms with van der Waals surface area (Å²) in [6.07, 6.45) is 3.19. The quantitative estimate of drug-likeness (QED) is 0.737. The number of hydrogen-bond donors (Lipinski definition) is 0. The van der Waals surface area contributed by atoms with Crippen molar-refractivity contribution in [2.45, 2.75) is 0 Å². The molecule has 0 saturated carbocycles. The van der Waals surface area contributed by atoms with Crippen LogP contribution in [-0.4, -0.2) is 4.57 Å². The molecular formula is C10H6BrF2N. The molecule has 1 aromatic heterocycles. The fraction of sp³-hybridized carbons (Fsp3) is 0. The van der Waals surface area contributed by atoms with Gasteiger partial charge in [-0.25, -0.2) is 8.78 Å². The van der Waals surface area contributed by atoms with Gasteiger partial charge in [-0.05, 0) is 24.3 Å². The van der Waals surface area contributed by atoms with Crippen LogP contribution in [0.5, 0.6) is 0 Å². The van der Waals surface area contributed by atoms with Crippen LogP contribution in [0.3, 0.4) is 0 Å². The smallest absolute Gasteiger partial charge is 0.151 e. The van der Waals surface area contributed by atoms with Gasteiger partial charge >= 0.3 is 0 Å². The van der Waals surface area contributed by atoms with E-state index in [1.54, 1.807) is 24.5 Å². The van der Waals surface area contributed by atoms with Crippen molar-refractivity contribution in [3.63, 3.8) is 0 Å². The normalized spacial score (nSPS) is 10.5. The summed E-state index contributed by atoms with van der Waals surface area (Å²) in [6, 6.07) is 5.89. The zero-order valence-corrected chi connectivity index (χ0v) is 8.63. The zero-order chi connectivity index (χ0) is 10.1. The predicted octanol–water partition coefficient (Wildman–Crippen LogP) is 3.52. The minimum Gasteiger partial charge on any atom is -0.319 e. The molecule has 4 heteroatoms.